The number of ether oxygens (including phenoxy) is 1. The molecule has 2 nitrogen and oxygen atoms in total. The Labute approximate surface area is 118 Å². The maximum Gasteiger partial charge on any atom is 0.206 e. The molecule has 2 rings (SSSR count). The number of hydrogen-bond donors (Lipinski definition) is 0. The second kappa shape index (κ2) is 6.02. The Hall–Kier alpha value is -1.61. The normalized spacial score (nSPS) is 10.7. The first-order valence-electron chi connectivity index (χ1n) is 6.39. The van der Waals surface area contributed by atoms with Crippen molar-refractivity contribution in [2.24, 2.45) is 5.92 Å². The zero-order valence-electron chi connectivity index (χ0n) is 11.5. The van der Waals surface area contributed by atoms with Crippen LogP contribution in [-0.2, 0) is 0 Å². The Morgan fingerprint density at radius 2 is 2.11 bits per heavy atom. The summed E-state index contributed by atoms with van der Waals surface area (Å²) in [6.45, 7) is 6.79. The highest BCUT2D eigenvalue weighted by Gasteiger charge is 2.16. The van der Waals surface area contributed by atoms with Crippen LogP contribution < -0.4 is 4.74 Å². The van der Waals surface area contributed by atoms with Crippen molar-refractivity contribution in [3.8, 4) is 5.75 Å². The monoisotopic (exact) mass is 274 g/mol. The largest absolute Gasteiger partial charge is 0.493 e. The fourth-order valence-corrected chi connectivity index (χ4v) is 2.42. The molecule has 2 aromatic rings. The summed E-state index contributed by atoms with van der Waals surface area (Å²) >= 11 is 1.46. The number of thiophene rings is 1. The molecule has 0 saturated carbocycles. The van der Waals surface area contributed by atoms with Crippen molar-refractivity contribution in [3.05, 3.63) is 51.7 Å². The minimum atomic E-state index is 0.0393. The molecule has 0 aliphatic heterocycles. The van der Waals surface area contributed by atoms with Crippen molar-refractivity contribution in [3.63, 3.8) is 0 Å². The fraction of sp³-hybridized carbons (Fsp3) is 0.312. The summed E-state index contributed by atoms with van der Waals surface area (Å²) in [5.74, 6) is 1.15. The van der Waals surface area contributed by atoms with Crippen molar-refractivity contribution in [2.75, 3.05) is 6.61 Å². The van der Waals surface area contributed by atoms with Gasteiger partial charge in [0.2, 0.25) is 5.78 Å². The van der Waals surface area contributed by atoms with Gasteiger partial charge in [-0.15, -0.1) is 11.3 Å². The quantitative estimate of drug-likeness (QED) is 0.759. The molecule has 0 atom stereocenters. The molecule has 0 radical (unpaired) electrons. The van der Waals surface area contributed by atoms with E-state index in [1.165, 1.54) is 11.3 Å². The Morgan fingerprint density at radius 1 is 1.32 bits per heavy atom. The summed E-state index contributed by atoms with van der Waals surface area (Å²) in [4.78, 5) is 13.2. The average Bonchev–Trinajstić information content (AvgIpc) is 2.90. The van der Waals surface area contributed by atoms with E-state index < -0.39 is 0 Å². The van der Waals surface area contributed by atoms with E-state index in [4.69, 9.17) is 4.74 Å². The van der Waals surface area contributed by atoms with Crippen LogP contribution in [0.25, 0.3) is 0 Å². The highest BCUT2D eigenvalue weighted by Crippen LogP contribution is 2.25. The van der Waals surface area contributed by atoms with Crippen LogP contribution in [0, 0.1) is 12.8 Å². The van der Waals surface area contributed by atoms with Gasteiger partial charge in [0, 0.05) is 0 Å². The van der Waals surface area contributed by atoms with Crippen molar-refractivity contribution in [1.29, 1.82) is 0 Å². The number of benzene rings is 1. The second-order valence-corrected chi connectivity index (χ2v) is 5.96. The molecule has 100 valence electrons. The van der Waals surface area contributed by atoms with Crippen LogP contribution in [0.4, 0.5) is 0 Å². The maximum atomic E-state index is 12.5. The molecular weight excluding hydrogens is 256 g/mol. The van der Waals surface area contributed by atoms with E-state index >= 15 is 0 Å². The summed E-state index contributed by atoms with van der Waals surface area (Å²) < 4.78 is 5.76. The van der Waals surface area contributed by atoms with Crippen molar-refractivity contribution < 1.29 is 9.53 Å². The van der Waals surface area contributed by atoms with E-state index in [9.17, 15) is 4.79 Å². The molecule has 0 N–H and O–H groups in total. The molecule has 0 fully saturated rings. The Kier molecular flexibility index (Phi) is 4.38. The van der Waals surface area contributed by atoms with Crippen LogP contribution in [0.5, 0.6) is 5.75 Å². The van der Waals surface area contributed by atoms with Gasteiger partial charge in [-0.05, 0) is 36.4 Å². The van der Waals surface area contributed by atoms with Crippen molar-refractivity contribution in [2.45, 2.75) is 20.8 Å². The Balaban J connectivity index is 2.32. The lowest BCUT2D eigenvalue weighted by Gasteiger charge is -2.12. The predicted octanol–water partition coefficient (Wildman–Crippen LogP) is 4.32. The van der Waals surface area contributed by atoms with E-state index in [2.05, 4.69) is 13.8 Å². The molecule has 1 aromatic carbocycles. The summed E-state index contributed by atoms with van der Waals surface area (Å²) in [7, 11) is 0. The van der Waals surface area contributed by atoms with Gasteiger partial charge in [0.15, 0.2) is 0 Å². The molecule has 1 aromatic heterocycles. The molecule has 3 heteroatoms. The lowest BCUT2D eigenvalue weighted by atomic mass is 10.1. The van der Waals surface area contributed by atoms with E-state index in [1.54, 1.807) is 0 Å². The Bertz CT molecular complexity index is 556. The molecule has 1 heterocycles. The van der Waals surface area contributed by atoms with E-state index in [-0.39, 0.29) is 5.78 Å². The molecule has 19 heavy (non-hydrogen) atoms. The van der Waals surface area contributed by atoms with E-state index in [0.29, 0.717) is 23.8 Å². The first kappa shape index (κ1) is 13.8. The van der Waals surface area contributed by atoms with E-state index in [0.717, 1.165) is 10.4 Å². The Morgan fingerprint density at radius 3 is 2.74 bits per heavy atom. The molecule has 0 unspecified atom stereocenters. The van der Waals surface area contributed by atoms with Crippen molar-refractivity contribution in [1.82, 2.24) is 0 Å². The first-order valence-corrected chi connectivity index (χ1v) is 7.27. The van der Waals surface area contributed by atoms with E-state index in [1.807, 2.05) is 42.6 Å². The molecule has 0 aliphatic rings. The number of carbonyl (C=O) groups is 1. The maximum absolute atomic E-state index is 12.5. The smallest absolute Gasteiger partial charge is 0.206 e. The first-order chi connectivity index (χ1) is 9.08. The van der Waals surface area contributed by atoms with Gasteiger partial charge >= 0.3 is 0 Å². The van der Waals surface area contributed by atoms with Crippen molar-refractivity contribution >= 4 is 17.1 Å². The number of rotatable bonds is 5. The van der Waals surface area contributed by atoms with Gasteiger partial charge in [-0.3, -0.25) is 4.79 Å². The standard InChI is InChI=1S/C16H18O2S/c1-11(2)10-18-14-7-6-12(3)9-13(14)16(17)15-5-4-8-19-15/h4-9,11H,10H2,1-3H3. The van der Waals surface area contributed by atoms with Crippen LogP contribution in [0.3, 0.4) is 0 Å². The summed E-state index contributed by atoms with van der Waals surface area (Å²) in [6, 6.07) is 9.50. The van der Waals surface area contributed by atoms with Gasteiger partial charge in [-0.1, -0.05) is 31.5 Å². The summed E-state index contributed by atoms with van der Waals surface area (Å²) in [5.41, 5.74) is 1.72. The summed E-state index contributed by atoms with van der Waals surface area (Å²) in [6.07, 6.45) is 0. The number of ketones is 1. The van der Waals surface area contributed by atoms with Gasteiger partial charge in [-0.25, -0.2) is 0 Å². The van der Waals surface area contributed by atoms with Gasteiger partial charge in [0.25, 0.3) is 0 Å². The number of hydrogen-bond acceptors (Lipinski definition) is 3. The third kappa shape index (κ3) is 3.44. The minimum absolute atomic E-state index is 0.0393. The zero-order valence-corrected chi connectivity index (χ0v) is 12.3. The number of carbonyl (C=O) groups excluding carboxylic acids is 1. The highest BCUT2D eigenvalue weighted by molar-refractivity contribution is 7.12. The van der Waals surface area contributed by atoms with Gasteiger partial charge in [-0.2, -0.15) is 0 Å². The lowest BCUT2D eigenvalue weighted by Crippen LogP contribution is -2.09. The topological polar surface area (TPSA) is 26.3 Å². The molecule has 0 spiro atoms. The minimum Gasteiger partial charge on any atom is -0.493 e. The average molecular weight is 274 g/mol. The third-order valence-electron chi connectivity index (χ3n) is 2.70. The van der Waals surface area contributed by atoms with Crippen LogP contribution >= 0.6 is 11.3 Å². The predicted molar refractivity (Wildman–Crippen MR) is 79.3 cm³/mol. The molecular formula is C16H18O2S. The van der Waals surface area contributed by atoms with Crippen LogP contribution in [-0.4, -0.2) is 12.4 Å². The lowest BCUT2D eigenvalue weighted by molar-refractivity contribution is 0.103. The molecule has 0 saturated heterocycles. The fourth-order valence-electron chi connectivity index (χ4n) is 1.74. The van der Waals surface area contributed by atoms with Gasteiger partial charge < -0.3 is 4.74 Å². The zero-order chi connectivity index (χ0) is 13.8. The SMILES string of the molecule is Cc1ccc(OCC(C)C)c(C(=O)c2cccs2)c1. The number of aryl methyl sites for hydroxylation is 1. The summed E-state index contributed by atoms with van der Waals surface area (Å²) in [5, 5.41) is 1.91. The van der Waals surface area contributed by atoms with Crippen LogP contribution in [0.1, 0.15) is 34.6 Å². The molecule has 0 amide bonds. The molecule has 0 aliphatic carbocycles. The molecule has 0 bridgehead atoms. The highest BCUT2D eigenvalue weighted by atomic mass is 32.1. The van der Waals surface area contributed by atoms with Crippen LogP contribution in [0.15, 0.2) is 35.7 Å². The van der Waals surface area contributed by atoms with Gasteiger partial charge in [0.1, 0.15) is 5.75 Å². The van der Waals surface area contributed by atoms with Crippen LogP contribution in [0.2, 0.25) is 0 Å². The second-order valence-electron chi connectivity index (χ2n) is 5.01. The van der Waals surface area contributed by atoms with Gasteiger partial charge in [0.05, 0.1) is 17.0 Å². The third-order valence-corrected chi connectivity index (χ3v) is 3.57.